The molecule has 38 heavy (non-hydrogen) atoms. The number of aryl methyl sites for hydroxylation is 3. The molecule has 6 rings (SSSR count). The minimum absolute atomic E-state index is 0.374. The molecule has 1 aliphatic heterocycles. The van der Waals surface area contributed by atoms with Crippen molar-refractivity contribution in [2.45, 2.75) is 102 Å². The van der Waals surface area contributed by atoms with Crippen LogP contribution < -0.4 is 16.0 Å². The summed E-state index contributed by atoms with van der Waals surface area (Å²) in [6.07, 6.45) is 9.02. The van der Waals surface area contributed by atoms with Crippen molar-refractivity contribution in [1.82, 2.24) is 25.9 Å². The van der Waals surface area contributed by atoms with Gasteiger partial charge in [0.25, 0.3) is 0 Å². The number of amides is 1. The molecule has 4 N–H and O–H groups in total. The van der Waals surface area contributed by atoms with E-state index < -0.39 is 11.1 Å². The lowest BCUT2D eigenvalue weighted by Crippen LogP contribution is -2.49. The van der Waals surface area contributed by atoms with Crippen LogP contribution in [0.5, 0.6) is 0 Å². The maximum atomic E-state index is 12.8. The molecule has 3 aromatic rings. The SMILES string of the molecule is CC(C)(C)OC(=O)NC1(c2nc3ccc(CCc4ccc5c(c4)CCC4NCNC54)cc3[nH]2)CCCCC1. The number of aromatic nitrogens is 2. The molecule has 0 radical (unpaired) electrons. The zero-order chi connectivity index (χ0) is 26.3. The predicted octanol–water partition coefficient (Wildman–Crippen LogP) is 5.54. The number of carbonyl (C=O) groups is 1. The number of rotatable bonds is 5. The number of carbonyl (C=O) groups excluding carboxylic acids is 1. The van der Waals surface area contributed by atoms with Crippen LogP contribution in [0.3, 0.4) is 0 Å². The zero-order valence-electron chi connectivity index (χ0n) is 23.0. The van der Waals surface area contributed by atoms with E-state index in [-0.39, 0.29) is 6.09 Å². The monoisotopic (exact) mass is 515 g/mol. The van der Waals surface area contributed by atoms with Gasteiger partial charge in [-0.2, -0.15) is 0 Å². The third-order valence-electron chi connectivity index (χ3n) is 8.50. The highest BCUT2D eigenvalue weighted by atomic mass is 16.6. The Kier molecular flexibility index (Phi) is 6.68. The number of benzene rings is 2. The summed E-state index contributed by atoms with van der Waals surface area (Å²) in [5.74, 6) is 0.846. The quantitative estimate of drug-likeness (QED) is 0.358. The second-order valence-corrected chi connectivity index (χ2v) is 12.4. The molecule has 1 saturated carbocycles. The van der Waals surface area contributed by atoms with Gasteiger partial charge in [-0.15, -0.1) is 0 Å². The number of ether oxygens (including phenoxy) is 1. The third kappa shape index (κ3) is 5.19. The summed E-state index contributed by atoms with van der Waals surface area (Å²) in [6, 6.07) is 14.6. The van der Waals surface area contributed by atoms with Gasteiger partial charge in [0.2, 0.25) is 0 Å². The van der Waals surface area contributed by atoms with E-state index in [1.807, 2.05) is 20.8 Å². The lowest BCUT2D eigenvalue weighted by Gasteiger charge is -2.36. The molecule has 1 aromatic heterocycles. The highest BCUT2D eigenvalue weighted by Crippen LogP contribution is 2.37. The van der Waals surface area contributed by atoms with Crippen molar-refractivity contribution >= 4 is 17.1 Å². The van der Waals surface area contributed by atoms with Crippen LogP contribution in [0.15, 0.2) is 36.4 Å². The lowest BCUT2D eigenvalue weighted by molar-refractivity contribution is 0.0413. The fourth-order valence-corrected chi connectivity index (χ4v) is 6.60. The van der Waals surface area contributed by atoms with Crippen LogP contribution in [0, 0.1) is 0 Å². The number of fused-ring (bicyclic) bond motifs is 4. The number of hydrogen-bond acceptors (Lipinski definition) is 5. The minimum Gasteiger partial charge on any atom is -0.444 e. The summed E-state index contributed by atoms with van der Waals surface area (Å²) in [4.78, 5) is 21.3. The fourth-order valence-electron chi connectivity index (χ4n) is 6.60. The first-order valence-electron chi connectivity index (χ1n) is 14.4. The second-order valence-electron chi connectivity index (χ2n) is 12.4. The van der Waals surface area contributed by atoms with Gasteiger partial charge in [-0.25, -0.2) is 9.78 Å². The van der Waals surface area contributed by atoms with Crippen molar-refractivity contribution in [3.8, 4) is 0 Å². The van der Waals surface area contributed by atoms with Crippen LogP contribution in [0.25, 0.3) is 11.0 Å². The Labute approximate surface area is 225 Å². The number of imidazole rings is 1. The molecule has 7 nitrogen and oxygen atoms in total. The van der Waals surface area contributed by atoms with Gasteiger partial charge in [0, 0.05) is 18.8 Å². The van der Waals surface area contributed by atoms with Crippen molar-refractivity contribution < 1.29 is 9.53 Å². The summed E-state index contributed by atoms with van der Waals surface area (Å²) in [5, 5.41) is 10.4. The molecule has 2 atom stereocenters. The molecule has 0 bridgehead atoms. The number of nitrogens with one attached hydrogen (secondary N) is 4. The van der Waals surface area contributed by atoms with E-state index in [4.69, 9.17) is 9.72 Å². The van der Waals surface area contributed by atoms with Crippen LogP contribution in [0.4, 0.5) is 4.79 Å². The van der Waals surface area contributed by atoms with Crippen molar-refractivity contribution in [1.29, 1.82) is 0 Å². The van der Waals surface area contributed by atoms with Gasteiger partial charge < -0.3 is 15.0 Å². The first-order chi connectivity index (χ1) is 18.3. The first kappa shape index (κ1) is 25.4. The lowest BCUT2D eigenvalue weighted by atomic mass is 9.81. The van der Waals surface area contributed by atoms with Gasteiger partial charge in [-0.3, -0.25) is 10.6 Å². The van der Waals surface area contributed by atoms with E-state index in [2.05, 4.69) is 57.3 Å². The Balaban J connectivity index is 1.18. The molecule has 2 unspecified atom stereocenters. The Hall–Kier alpha value is -2.90. The van der Waals surface area contributed by atoms with Crippen molar-refractivity contribution in [3.63, 3.8) is 0 Å². The number of nitrogens with zero attached hydrogens (tertiary/aromatic N) is 1. The molecule has 2 aliphatic carbocycles. The van der Waals surface area contributed by atoms with E-state index in [0.29, 0.717) is 12.1 Å². The van der Waals surface area contributed by atoms with Crippen molar-refractivity contribution in [3.05, 3.63) is 64.5 Å². The molecule has 7 heteroatoms. The van der Waals surface area contributed by atoms with Crippen LogP contribution >= 0.6 is 0 Å². The van der Waals surface area contributed by atoms with Crippen LogP contribution in [0.2, 0.25) is 0 Å². The Morgan fingerprint density at radius 1 is 1.05 bits per heavy atom. The zero-order valence-corrected chi connectivity index (χ0v) is 23.0. The van der Waals surface area contributed by atoms with Crippen LogP contribution in [-0.2, 0) is 29.5 Å². The summed E-state index contributed by atoms with van der Waals surface area (Å²) in [6.45, 7) is 6.60. The molecule has 1 amide bonds. The van der Waals surface area contributed by atoms with Gasteiger partial charge in [0.15, 0.2) is 0 Å². The number of H-pyrrole nitrogens is 1. The minimum atomic E-state index is -0.534. The molecule has 3 aliphatic rings. The van der Waals surface area contributed by atoms with Gasteiger partial charge in [0.1, 0.15) is 17.0 Å². The van der Waals surface area contributed by atoms with Crippen LogP contribution in [0.1, 0.15) is 93.4 Å². The summed E-state index contributed by atoms with van der Waals surface area (Å²) in [5.41, 5.74) is 6.61. The maximum Gasteiger partial charge on any atom is 0.408 e. The average Bonchev–Trinajstić information content (AvgIpc) is 3.54. The van der Waals surface area contributed by atoms with E-state index in [1.54, 1.807) is 0 Å². The fraction of sp³-hybridized carbons (Fsp3) is 0.548. The first-order valence-corrected chi connectivity index (χ1v) is 14.4. The molecule has 2 aromatic carbocycles. The molecular formula is C31H41N5O2. The van der Waals surface area contributed by atoms with E-state index in [1.165, 1.54) is 35.1 Å². The molecule has 202 valence electrons. The second kappa shape index (κ2) is 10.0. The largest absolute Gasteiger partial charge is 0.444 e. The number of hydrogen-bond donors (Lipinski definition) is 4. The number of aromatic amines is 1. The van der Waals surface area contributed by atoms with Gasteiger partial charge in [0.05, 0.1) is 11.0 Å². The van der Waals surface area contributed by atoms with Gasteiger partial charge >= 0.3 is 6.09 Å². The average molecular weight is 516 g/mol. The van der Waals surface area contributed by atoms with Gasteiger partial charge in [-0.05, 0) is 93.7 Å². The topological polar surface area (TPSA) is 91.1 Å². The van der Waals surface area contributed by atoms with Crippen LogP contribution in [-0.4, -0.2) is 34.4 Å². The van der Waals surface area contributed by atoms with Crippen molar-refractivity contribution in [2.75, 3.05) is 6.67 Å². The Morgan fingerprint density at radius 2 is 1.82 bits per heavy atom. The normalized spacial score (nSPS) is 22.6. The smallest absolute Gasteiger partial charge is 0.408 e. The Bertz CT molecular complexity index is 1320. The maximum absolute atomic E-state index is 12.8. The van der Waals surface area contributed by atoms with E-state index in [9.17, 15) is 4.79 Å². The van der Waals surface area contributed by atoms with Gasteiger partial charge in [-0.1, -0.05) is 43.5 Å². The highest BCUT2D eigenvalue weighted by molar-refractivity contribution is 5.76. The molecule has 1 saturated heterocycles. The predicted molar refractivity (Wildman–Crippen MR) is 150 cm³/mol. The summed E-state index contributed by atoms with van der Waals surface area (Å²) < 4.78 is 5.61. The molecular weight excluding hydrogens is 474 g/mol. The molecule has 2 fully saturated rings. The molecule has 2 heterocycles. The Morgan fingerprint density at radius 3 is 2.61 bits per heavy atom. The molecule has 0 spiro atoms. The third-order valence-corrected chi connectivity index (χ3v) is 8.50. The summed E-state index contributed by atoms with van der Waals surface area (Å²) in [7, 11) is 0. The number of alkyl carbamates (subject to hydrolysis) is 1. The highest BCUT2D eigenvalue weighted by Gasteiger charge is 2.39. The van der Waals surface area contributed by atoms with E-state index >= 15 is 0 Å². The van der Waals surface area contributed by atoms with E-state index in [0.717, 1.165) is 68.5 Å². The standard InChI is InChI=1S/C31H41N5O2/c1-30(2,3)38-29(37)36-31(15-5-4-6-16-31)28-34-24-13-10-21(18-26(24)35-28)8-7-20-9-12-23-22(17-20)11-14-25-27(23)33-19-32-25/h9-10,12-13,17-18,25,27,32-33H,4-8,11,14-16,19H2,1-3H3,(H,34,35)(H,36,37). The van der Waals surface area contributed by atoms with Crippen molar-refractivity contribution in [2.24, 2.45) is 0 Å². The summed E-state index contributed by atoms with van der Waals surface area (Å²) >= 11 is 0.